The molecule has 2 unspecified atom stereocenters. The SMILES string of the molecule is CC(C)(C)C1CCCC(O)(c2cc(F)cc(F)c2)CC1. The highest BCUT2D eigenvalue weighted by atomic mass is 19.1. The van der Waals surface area contributed by atoms with E-state index in [0.717, 1.165) is 25.3 Å². The molecule has 20 heavy (non-hydrogen) atoms. The predicted molar refractivity (Wildman–Crippen MR) is 76.3 cm³/mol. The Balaban J connectivity index is 2.23. The van der Waals surface area contributed by atoms with E-state index in [1.54, 1.807) is 0 Å². The van der Waals surface area contributed by atoms with Crippen LogP contribution in [0.4, 0.5) is 8.78 Å². The van der Waals surface area contributed by atoms with Crippen molar-refractivity contribution in [2.45, 2.75) is 58.5 Å². The third-order valence-corrected chi connectivity index (χ3v) is 4.67. The van der Waals surface area contributed by atoms with E-state index in [0.29, 0.717) is 24.3 Å². The summed E-state index contributed by atoms with van der Waals surface area (Å²) >= 11 is 0. The average molecular weight is 282 g/mol. The second kappa shape index (κ2) is 5.44. The van der Waals surface area contributed by atoms with Gasteiger partial charge in [0.2, 0.25) is 0 Å². The zero-order valence-corrected chi connectivity index (χ0v) is 12.5. The molecule has 1 aromatic carbocycles. The van der Waals surface area contributed by atoms with E-state index in [4.69, 9.17) is 0 Å². The van der Waals surface area contributed by atoms with E-state index in [1.807, 2.05) is 0 Å². The number of halogens is 2. The summed E-state index contributed by atoms with van der Waals surface area (Å²) in [7, 11) is 0. The topological polar surface area (TPSA) is 20.2 Å². The summed E-state index contributed by atoms with van der Waals surface area (Å²) in [5.41, 5.74) is -0.508. The molecule has 1 N–H and O–H groups in total. The quantitative estimate of drug-likeness (QED) is 0.735. The van der Waals surface area contributed by atoms with Gasteiger partial charge < -0.3 is 5.11 Å². The van der Waals surface area contributed by atoms with Gasteiger partial charge in [-0.1, -0.05) is 20.8 Å². The van der Waals surface area contributed by atoms with Gasteiger partial charge in [0.05, 0.1) is 5.60 Å². The first-order chi connectivity index (χ1) is 9.21. The van der Waals surface area contributed by atoms with E-state index < -0.39 is 17.2 Å². The Morgan fingerprint density at radius 2 is 1.65 bits per heavy atom. The van der Waals surface area contributed by atoms with Crippen LogP contribution in [-0.4, -0.2) is 5.11 Å². The minimum Gasteiger partial charge on any atom is -0.385 e. The number of hydrogen-bond donors (Lipinski definition) is 1. The Hall–Kier alpha value is -0.960. The fourth-order valence-corrected chi connectivity index (χ4v) is 3.30. The second-order valence-corrected chi connectivity index (χ2v) is 7.18. The van der Waals surface area contributed by atoms with E-state index >= 15 is 0 Å². The minimum absolute atomic E-state index is 0.207. The molecule has 1 fully saturated rings. The number of rotatable bonds is 1. The summed E-state index contributed by atoms with van der Waals surface area (Å²) in [6, 6.07) is 3.38. The molecule has 0 aliphatic heterocycles. The molecule has 1 nitrogen and oxygen atoms in total. The second-order valence-electron chi connectivity index (χ2n) is 7.18. The molecular formula is C17H24F2O. The minimum atomic E-state index is -1.09. The molecule has 0 amide bonds. The standard InChI is InChI=1S/C17H24F2O/c1-16(2,3)12-5-4-7-17(20,8-6-12)13-9-14(18)11-15(19)10-13/h9-12,20H,4-8H2,1-3H3. The van der Waals surface area contributed by atoms with Crippen molar-refractivity contribution in [3.8, 4) is 0 Å². The molecule has 1 saturated carbocycles. The van der Waals surface area contributed by atoms with Crippen LogP contribution in [0.5, 0.6) is 0 Å². The first-order valence-electron chi connectivity index (χ1n) is 7.40. The van der Waals surface area contributed by atoms with Gasteiger partial charge in [0.15, 0.2) is 0 Å². The fraction of sp³-hybridized carbons (Fsp3) is 0.647. The van der Waals surface area contributed by atoms with Crippen molar-refractivity contribution >= 4 is 0 Å². The highest BCUT2D eigenvalue weighted by Gasteiger charge is 2.36. The van der Waals surface area contributed by atoms with Crippen molar-refractivity contribution in [3.05, 3.63) is 35.4 Å². The molecule has 0 bridgehead atoms. The van der Waals surface area contributed by atoms with Crippen molar-refractivity contribution in [1.29, 1.82) is 0 Å². The van der Waals surface area contributed by atoms with Crippen LogP contribution in [0.25, 0.3) is 0 Å². The molecule has 1 aliphatic rings. The lowest BCUT2D eigenvalue weighted by Gasteiger charge is -2.31. The molecular weight excluding hydrogens is 258 g/mol. The third kappa shape index (κ3) is 3.38. The Labute approximate surface area is 120 Å². The summed E-state index contributed by atoms with van der Waals surface area (Å²) in [5, 5.41) is 10.8. The highest BCUT2D eigenvalue weighted by molar-refractivity contribution is 5.24. The Morgan fingerprint density at radius 3 is 2.20 bits per heavy atom. The Kier molecular flexibility index (Phi) is 4.19. The maximum atomic E-state index is 13.4. The average Bonchev–Trinajstić information content (AvgIpc) is 2.50. The molecule has 2 rings (SSSR count). The molecule has 0 spiro atoms. The molecule has 1 aliphatic carbocycles. The van der Waals surface area contributed by atoms with Gasteiger partial charge in [0, 0.05) is 6.07 Å². The molecule has 1 aromatic rings. The van der Waals surface area contributed by atoms with Crippen molar-refractivity contribution in [3.63, 3.8) is 0 Å². The lowest BCUT2D eigenvalue weighted by atomic mass is 9.76. The maximum absolute atomic E-state index is 13.4. The lowest BCUT2D eigenvalue weighted by Crippen LogP contribution is -2.26. The first kappa shape index (κ1) is 15.4. The molecule has 2 atom stereocenters. The van der Waals surface area contributed by atoms with Crippen LogP contribution < -0.4 is 0 Å². The predicted octanol–water partition coefficient (Wildman–Crippen LogP) is 4.78. The van der Waals surface area contributed by atoms with Gasteiger partial charge >= 0.3 is 0 Å². The van der Waals surface area contributed by atoms with Crippen LogP contribution >= 0.6 is 0 Å². The smallest absolute Gasteiger partial charge is 0.126 e. The van der Waals surface area contributed by atoms with Crippen LogP contribution in [0, 0.1) is 23.0 Å². The summed E-state index contributed by atoms with van der Waals surface area (Å²) in [5.74, 6) is -0.704. The first-order valence-corrected chi connectivity index (χ1v) is 7.40. The van der Waals surface area contributed by atoms with E-state index in [-0.39, 0.29) is 5.41 Å². The van der Waals surface area contributed by atoms with Crippen LogP contribution in [0.15, 0.2) is 18.2 Å². The number of hydrogen-bond acceptors (Lipinski definition) is 1. The van der Waals surface area contributed by atoms with Crippen molar-refractivity contribution < 1.29 is 13.9 Å². The normalized spacial score (nSPS) is 28.2. The largest absolute Gasteiger partial charge is 0.385 e. The van der Waals surface area contributed by atoms with Crippen LogP contribution in [0.1, 0.15) is 58.4 Å². The van der Waals surface area contributed by atoms with Crippen LogP contribution in [-0.2, 0) is 5.60 Å². The number of aliphatic hydroxyl groups is 1. The molecule has 112 valence electrons. The van der Waals surface area contributed by atoms with Crippen molar-refractivity contribution in [1.82, 2.24) is 0 Å². The maximum Gasteiger partial charge on any atom is 0.126 e. The Morgan fingerprint density at radius 1 is 1.05 bits per heavy atom. The summed E-state index contributed by atoms with van der Waals surface area (Å²) < 4.78 is 26.7. The third-order valence-electron chi connectivity index (χ3n) is 4.67. The van der Waals surface area contributed by atoms with Gasteiger partial charge in [0.25, 0.3) is 0 Å². The highest BCUT2D eigenvalue weighted by Crippen LogP contribution is 2.43. The van der Waals surface area contributed by atoms with Crippen LogP contribution in [0.2, 0.25) is 0 Å². The zero-order valence-electron chi connectivity index (χ0n) is 12.5. The van der Waals surface area contributed by atoms with E-state index in [2.05, 4.69) is 20.8 Å². The fourth-order valence-electron chi connectivity index (χ4n) is 3.30. The van der Waals surface area contributed by atoms with Crippen LogP contribution in [0.3, 0.4) is 0 Å². The van der Waals surface area contributed by atoms with Crippen molar-refractivity contribution in [2.75, 3.05) is 0 Å². The van der Waals surface area contributed by atoms with Gasteiger partial charge in [-0.15, -0.1) is 0 Å². The van der Waals surface area contributed by atoms with Gasteiger partial charge in [-0.25, -0.2) is 8.78 Å². The Bertz CT molecular complexity index is 458. The van der Waals surface area contributed by atoms with E-state index in [1.165, 1.54) is 12.1 Å². The molecule has 0 aromatic heterocycles. The van der Waals surface area contributed by atoms with E-state index in [9.17, 15) is 13.9 Å². The van der Waals surface area contributed by atoms with Gasteiger partial charge in [-0.05, 0) is 61.1 Å². The molecule has 0 heterocycles. The molecule has 0 radical (unpaired) electrons. The number of benzene rings is 1. The summed E-state index contributed by atoms with van der Waals surface area (Å²) in [4.78, 5) is 0. The van der Waals surface area contributed by atoms with Crippen molar-refractivity contribution in [2.24, 2.45) is 11.3 Å². The van der Waals surface area contributed by atoms with Gasteiger partial charge in [-0.2, -0.15) is 0 Å². The van der Waals surface area contributed by atoms with Gasteiger partial charge in [-0.3, -0.25) is 0 Å². The summed E-state index contributed by atoms with van der Waals surface area (Å²) in [6.07, 6.45) is 3.97. The molecule has 3 heteroatoms. The summed E-state index contributed by atoms with van der Waals surface area (Å²) in [6.45, 7) is 6.64. The lowest BCUT2D eigenvalue weighted by molar-refractivity contribution is 0.0174. The monoisotopic (exact) mass is 282 g/mol. The molecule has 0 saturated heterocycles. The van der Waals surface area contributed by atoms with Gasteiger partial charge in [0.1, 0.15) is 11.6 Å². The zero-order chi connectivity index (χ0) is 15.0.